The summed E-state index contributed by atoms with van der Waals surface area (Å²) in [5.74, 6) is 0.325. The molecule has 1 spiro atoms. The van der Waals surface area contributed by atoms with Crippen LogP contribution < -0.4 is 10.6 Å². The van der Waals surface area contributed by atoms with E-state index >= 15 is 0 Å². The van der Waals surface area contributed by atoms with E-state index in [9.17, 15) is 9.59 Å². The minimum absolute atomic E-state index is 0.158. The van der Waals surface area contributed by atoms with Gasteiger partial charge in [0.2, 0.25) is 0 Å². The van der Waals surface area contributed by atoms with Gasteiger partial charge < -0.3 is 5.32 Å². The Morgan fingerprint density at radius 2 is 2.36 bits per heavy atom. The maximum absolute atomic E-state index is 11.5. The van der Waals surface area contributed by atoms with Gasteiger partial charge >= 0.3 is 6.03 Å². The number of urea groups is 1. The molecule has 1 heterocycles. The lowest BCUT2D eigenvalue weighted by Gasteiger charge is -2.19. The van der Waals surface area contributed by atoms with Crippen LogP contribution in [0.15, 0.2) is 12.7 Å². The molecule has 0 aromatic carbocycles. The third kappa shape index (κ3) is 1.31. The van der Waals surface area contributed by atoms with Gasteiger partial charge in [-0.3, -0.25) is 10.1 Å². The van der Waals surface area contributed by atoms with Crippen molar-refractivity contribution in [2.45, 2.75) is 31.2 Å². The molecule has 0 aromatic rings. The molecule has 0 bridgehead atoms. The molecule has 2 unspecified atom stereocenters. The summed E-state index contributed by atoms with van der Waals surface area (Å²) in [6.07, 6.45) is 5.28. The molecule has 2 aliphatic rings. The highest BCUT2D eigenvalue weighted by Crippen LogP contribution is 2.38. The highest BCUT2D eigenvalue weighted by Gasteiger charge is 2.50. The van der Waals surface area contributed by atoms with E-state index in [0.29, 0.717) is 5.92 Å². The van der Waals surface area contributed by atoms with Crippen LogP contribution in [0.25, 0.3) is 0 Å². The lowest BCUT2D eigenvalue weighted by Crippen LogP contribution is -2.44. The monoisotopic (exact) mass is 194 g/mol. The second-order valence-electron chi connectivity index (χ2n) is 4.12. The van der Waals surface area contributed by atoms with Gasteiger partial charge in [0.25, 0.3) is 5.91 Å². The summed E-state index contributed by atoms with van der Waals surface area (Å²) in [6, 6.07) is -0.353. The van der Waals surface area contributed by atoms with Crippen LogP contribution in [-0.4, -0.2) is 17.5 Å². The summed E-state index contributed by atoms with van der Waals surface area (Å²) in [5, 5.41) is 5.03. The van der Waals surface area contributed by atoms with E-state index in [4.69, 9.17) is 0 Å². The summed E-state index contributed by atoms with van der Waals surface area (Å²) in [5.41, 5.74) is -0.606. The summed E-state index contributed by atoms with van der Waals surface area (Å²) < 4.78 is 0. The predicted octanol–water partition coefficient (Wildman–Crippen LogP) is 0.941. The lowest BCUT2D eigenvalue weighted by molar-refractivity contribution is -0.123. The average molecular weight is 194 g/mol. The molecule has 1 saturated heterocycles. The van der Waals surface area contributed by atoms with Gasteiger partial charge in [0.05, 0.1) is 0 Å². The van der Waals surface area contributed by atoms with Crippen molar-refractivity contribution in [2.24, 2.45) is 5.92 Å². The number of nitrogens with one attached hydrogen (secondary N) is 2. The van der Waals surface area contributed by atoms with Crippen LogP contribution in [0.2, 0.25) is 0 Å². The zero-order chi connectivity index (χ0) is 10.2. The molecule has 2 atom stereocenters. The fourth-order valence-corrected chi connectivity index (χ4v) is 2.43. The van der Waals surface area contributed by atoms with Gasteiger partial charge in [0.1, 0.15) is 5.54 Å². The average Bonchev–Trinajstić information content (AvgIpc) is 2.61. The number of allylic oxidation sites excluding steroid dienone is 1. The van der Waals surface area contributed by atoms with Crippen molar-refractivity contribution in [3.8, 4) is 0 Å². The first-order valence-electron chi connectivity index (χ1n) is 4.91. The van der Waals surface area contributed by atoms with Gasteiger partial charge in [-0.2, -0.15) is 0 Å². The number of carbonyl (C=O) groups is 2. The number of hydrogen-bond donors (Lipinski definition) is 2. The maximum Gasteiger partial charge on any atom is 0.322 e. The van der Waals surface area contributed by atoms with Gasteiger partial charge in [0.15, 0.2) is 0 Å². The maximum atomic E-state index is 11.5. The quantitative estimate of drug-likeness (QED) is 0.507. The molecule has 2 N–H and O–H groups in total. The Hall–Kier alpha value is -1.32. The van der Waals surface area contributed by atoms with Crippen LogP contribution in [-0.2, 0) is 4.79 Å². The van der Waals surface area contributed by atoms with E-state index in [-0.39, 0.29) is 11.9 Å². The summed E-state index contributed by atoms with van der Waals surface area (Å²) in [6.45, 7) is 3.69. The van der Waals surface area contributed by atoms with Gasteiger partial charge in [-0.1, -0.05) is 6.08 Å². The molecule has 4 nitrogen and oxygen atoms in total. The first kappa shape index (κ1) is 9.24. The molecule has 3 amide bonds. The molecule has 1 aliphatic heterocycles. The topological polar surface area (TPSA) is 58.2 Å². The van der Waals surface area contributed by atoms with Crippen LogP contribution in [0.4, 0.5) is 4.79 Å². The first-order chi connectivity index (χ1) is 6.66. The molecule has 4 heteroatoms. The number of rotatable bonds is 2. The molecule has 0 aromatic heterocycles. The minimum Gasteiger partial charge on any atom is -0.323 e. The van der Waals surface area contributed by atoms with E-state index in [1.54, 1.807) is 0 Å². The third-order valence-electron chi connectivity index (χ3n) is 3.13. The molecule has 2 rings (SSSR count). The predicted molar refractivity (Wildman–Crippen MR) is 51.6 cm³/mol. The zero-order valence-electron chi connectivity index (χ0n) is 8.01. The molecule has 0 radical (unpaired) electrons. The molecular weight excluding hydrogens is 180 g/mol. The van der Waals surface area contributed by atoms with E-state index < -0.39 is 5.54 Å². The Morgan fingerprint density at radius 1 is 1.57 bits per heavy atom. The lowest BCUT2D eigenvalue weighted by atomic mass is 9.95. The standard InChI is InChI=1S/C10H14N2O2/c1-2-3-7-4-5-10(6-7)8(13)11-9(14)12-10/h2,7H,1,3-6H2,(H2,11,12,13,14). The summed E-state index contributed by atoms with van der Waals surface area (Å²) in [4.78, 5) is 22.6. The Labute approximate surface area is 82.7 Å². The smallest absolute Gasteiger partial charge is 0.322 e. The SMILES string of the molecule is C=CCC1CCC2(C1)NC(=O)NC2=O. The van der Waals surface area contributed by atoms with Crippen LogP contribution in [0, 0.1) is 5.92 Å². The highest BCUT2D eigenvalue weighted by atomic mass is 16.2. The van der Waals surface area contributed by atoms with Crippen LogP contribution in [0.1, 0.15) is 25.7 Å². The van der Waals surface area contributed by atoms with Crippen LogP contribution >= 0.6 is 0 Å². The Morgan fingerprint density at radius 3 is 2.93 bits per heavy atom. The van der Waals surface area contributed by atoms with E-state index in [1.165, 1.54) is 0 Å². The number of hydrogen-bond acceptors (Lipinski definition) is 2. The van der Waals surface area contributed by atoms with Crippen molar-refractivity contribution < 1.29 is 9.59 Å². The van der Waals surface area contributed by atoms with Crippen molar-refractivity contribution in [3.05, 3.63) is 12.7 Å². The van der Waals surface area contributed by atoms with Crippen molar-refractivity contribution in [1.29, 1.82) is 0 Å². The van der Waals surface area contributed by atoms with Gasteiger partial charge in [-0.25, -0.2) is 4.79 Å². The summed E-state index contributed by atoms with van der Waals surface area (Å²) >= 11 is 0. The minimum atomic E-state index is -0.606. The molecular formula is C10H14N2O2. The Bertz CT molecular complexity index is 300. The van der Waals surface area contributed by atoms with Crippen molar-refractivity contribution in [1.82, 2.24) is 10.6 Å². The van der Waals surface area contributed by atoms with Crippen molar-refractivity contribution in [2.75, 3.05) is 0 Å². The third-order valence-corrected chi connectivity index (χ3v) is 3.13. The fourth-order valence-electron chi connectivity index (χ4n) is 2.43. The van der Waals surface area contributed by atoms with E-state index in [0.717, 1.165) is 25.7 Å². The fraction of sp³-hybridized carbons (Fsp3) is 0.600. The van der Waals surface area contributed by atoms with E-state index in [1.807, 2.05) is 6.08 Å². The number of amides is 3. The van der Waals surface area contributed by atoms with Gasteiger partial charge in [-0.05, 0) is 31.6 Å². The molecule has 14 heavy (non-hydrogen) atoms. The second-order valence-corrected chi connectivity index (χ2v) is 4.12. The van der Waals surface area contributed by atoms with Crippen molar-refractivity contribution >= 4 is 11.9 Å². The van der Waals surface area contributed by atoms with Crippen LogP contribution in [0.5, 0.6) is 0 Å². The highest BCUT2D eigenvalue weighted by molar-refractivity contribution is 6.07. The molecule has 76 valence electrons. The van der Waals surface area contributed by atoms with Crippen LogP contribution in [0.3, 0.4) is 0 Å². The summed E-state index contributed by atoms with van der Waals surface area (Å²) in [7, 11) is 0. The molecule has 1 aliphatic carbocycles. The first-order valence-corrected chi connectivity index (χ1v) is 4.91. The van der Waals surface area contributed by atoms with Gasteiger partial charge in [-0.15, -0.1) is 6.58 Å². The second kappa shape index (κ2) is 3.12. The largest absolute Gasteiger partial charge is 0.323 e. The zero-order valence-corrected chi connectivity index (χ0v) is 8.01. The van der Waals surface area contributed by atoms with Crippen molar-refractivity contribution in [3.63, 3.8) is 0 Å². The molecule has 1 saturated carbocycles. The number of imide groups is 1. The van der Waals surface area contributed by atoms with Gasteiger partial charge in [0, 0.05) is 0 Å². The Balaban J connectivity index is 2.09. The molecule has 2 fully saturated rings. The van der Waals surface area contributed by atoms with E-state index in [2.05, 4.69) is 17.2 Å². The number of carbonyl (C=O) groups excluding carboxylic acids is 2. The normalized spacial score (nSPS) is 35.9. The Kier molecular flexibility index (Phi) is 2.06.